The fraction of sp³-hybridized carbons (Fsp3) is 0.533. The van der Waals surface area contributed by atoms with E-state index in [9.17, 15) is 4.79 Å². The van der Waals surface area contributed by atoms with E-state index in [4.69, 9.17) is 10.5 Å². The van der Waals surface area contributed by atoms with E-state index >= 15 is 0 Å². The largest absolute Gasteiger partial charge is 0.465 e. The Morgan fingerprint density at radius 1 is 1.37 bits per heavy atom. The molecule has 1 atom stereocenters. The van der Waals surface area contributed by atoms with Crippen LogP contribution in [0, 0.1) is 5.41 Å². The van der Waals surface area contributed by atoms with Crippen molar-refractivity contribution in [2.45, 2.75) is 26.3 Å². The Balaban J connectivity index is 2.09. The molecule has 104 valence electrons. The van der Waals surface area contributed by atoms with Gasteiger partial charge in [-0.3, -0.25) is 0 Å². The van der Waals surface area contributed by atoms with Crippen LogP contribution in [0.5, 0.6) is 0 Å². The van der Waals surface area contributed by atoms with Gasteiger partial charge in [0.1, 0.15) is 0 Å². The van der Waals surface area contributed by atoms with Crippen molar-refractivity contribution in [3.05, 3.63) is 29.8 Å². The first kappa shape index (κ1) is 13.9. The van der Waals surface area contributed by atoms with Crippen molar-refractivity contribution in [2.75, 3.05) is 25.1 Å². The molecule has 0 bridgehead atoms. The lowest BCUT2D eigenvalue weighted by Gasteiger charge is -2.43. The number of benzene rings is 1. The predicted molar refractivity (Wildman–Crippen MR) is 76.4 cm³/mol. The third-order valence-electron chi connectivity index (χ3n) is 4.10. The average molecular weight is 262 g/mol. The van der Waals surface area contributed by atoms with Gasteiger partial charge in [0.05, 0.1) is 12.7 Å². The first-order valence-electron chi connectivity index (χ1n) is 6.63. The maximum Gasteiger partial charge on any atom is 0.337 e. The van der Waals surface area contributed by atoms with Crippen molar-refractivity contribution in [3.8, 4) is 0 Å². The van der Waals surface area contributed by atoms with Crippen molar-refractivity contribution in [2.24, 2.45) is 11.1 Å². The van der Waals surface area contributed by atoms with Crippen LogP contribution in [0.15, 0.2) is 24.3 Å². The number of piperidine rings is 1. The molecule has 2 rings (SSSR count). The van der Waals surface area contributed by atoms with Crippen LogP contribution in [0.25, 0.3) is 0 Å². The number of nitrogens with two attached hydrogens (primary N) is 1. The molecule has 1 saturated heterocycles. The van der Waals surface area contributed by atoms with E-state index in [1.165, 1.54) is 7.11 Å². The van der Waals surface area contributed by atoms with Crippen LogP contribution >= 0.6 is 0 Å². The molecule has 0 aromatic heterocycles. The first-order valence-corrected chi connectivity index (χ1v) is 6.63. The zero-order chi connectivity index (χ0) is 14.0. The molecule has 1 aromatic rings. The van der Waals surface area contributed by atoms with E-state index in [0.29, 0.717) is 5.56 Å². The van der Waals surface area contributed by atoms with Gasteiger partial charge in [-0.25, -0.2) is 4.79 Å². The number of esters is 1. The van der Waals surface area contributed by atoms with Crippen LogP contribution in [-0.4, -0.2) is 32.2 Å². The van der Waals surface area contributed by atoms with Crippen molar-refractivity contribution in [3.63, 3.8) is 0 Å². The minimum absolute atomic E-state index is 0.168. The summed E-state index contributed by atoms with van der Waals surface area (Å²) in [5, 5.41) is 0. The van der Waals surface area contributed by atoms with Crippen LogP contribution < -0.4 is 10.6 Å². The van der Waals surface area contributed by atoms with Gasteiger partial charge in [0.25, 0.3) is 0 Å². The van der Waals surface area contributed by atoms with Gasteiger partial charge in [-0.2, -0.15) is 0 Å². The second-order valence-corrected chi connectivity index (χ2v) is 5.83. The van der Waals surface area contributed by atoms with Crippen LogP contribution in [-0.2, 0) is 4.74 Å². The summed E-state index contributed by atoms with van der Waals surface area (Å²) in [4.78, 5) is 13.7. The van der Waals surface area contributed by atoms with Crippen LogP contribution in [0.4, 0.5) is 5.69 Å². The molecule has 0 aliphatic carbocycles. The van der Waals surface area contributed by atoms with Crippen molar-refractivity contribution in [1.29, 1.82) is 0 Å². The van der Waals surface area contributed by atoms with Crippen molar-refractivity contribution >= 4 is 11.7 Å². The van der Waals surface area contributed by atoms with E-state index in [1.807, 2.05) is 12.1 Å². The molecule has 0 radical (unpaired) electrons. The SMILES string of the molecule is COC(=O)c1ccc(N2CCC(C)(C)C(N)C2)cc1. The number of rotatable bonds is 2. The lowest BCUT2D eigenvalue weighted by atomic mass is 9.78. The third kappa shape index (κ3) is 2.89. The number of hydrogen-bond donors (Lipinski definition) is 1. The van der Waals surface area contributed by atoms with Gasteiger partial charge in [-0.1, -0.05) is 13.8 Å². The zero-order valence-electron chi connectivity index (χ0n) is 11.8. The molecule has 1 fully saturated rings. The molecule has 1 heterocycles. The number of carbonyl (C=O) groups excluding carboxylic acids is 1. The van der Waals surface area contributed by atoms with E-state index < -0.39 is 0 Å². The molecule has 4 nitrogen and oxygen atoms in total. The summed E-state index contributed by atoms with van der Waals surface area (Å²) in [7, 11) is 1.39. The molecule has 1 unspecified atom stereocenters. The first-order chi connectivity index (χ1) is 8.94. The lowest BCUT2D eigenvalue weighted by Crippen LogP contribution is -2.52. The van der Waals surface area contributed by atoms with Gasteiger partial charge < -0.3 is 15.4 Å². The monoisotopic (exact) mass is 262 g/mol. The molecular formula is C15H22N2O2. The Hall–Kier alpha value is -1.55. The summed E-state index contributed by atoms with van der Waals surface area (Å²) in [6, 6.07) is 7.68. The highest BCUT2D eigenvalue weighted by Crippen LogP contribution is 2.31. The van der Waals surface area contributed by atoms with E-state index in [-0.39, 0.29) is 17.4 Å². The van der Waals surface area contributed by atoms with Crippen molar-refractivity contribution in [1.82, 2.24) is 0 Å². The quantitative estimate of drug-likeness (QED) is 0.829. The number of carbonyl (C=O) groups is 1. The highest BCUT2D eigenvalue weighted by molar-refractivity contribution is 5.89. The maximum atomic E-state index is 11.4. The minimum Gasteiger partial charge on any atom is -0.465 e. The van der Waals surface area contributed by atoms with E-state index in [2.05, 4.69) is 18.7 Å². The number of ether oxygens (including phenoxy) is 1. The highest BCUT2D eigenvalue weighted by atomic mass is 16.5. The Morgan fingerprint density at radius 2 is 2.00 bits per heavy atom. The molecular weight excluding hydrogens is 240 g/mol. The van der Waals surface area contributed by atoms with Crippen molar-refractivity contribution < 1.29 is 9.53 Å². The fourth-order valence-corrected chi connectivity index (χ4v) is 2.35. The Kier molecular flexibility index (Phi) is 3.80. The van der Waals surface area contributed by atoms with Gasteiger partial charge in [-0.15, -0.1) is 0 Å². The second-order valence-electron chi connectivity index (χ2n) is 5.83. The molecule has 4 heteroatoms. The molecule has 1 aliphatic rings. The van der Waals surface area contributed by atoms with Crippen LogP contribution in [0.2, 0.25) is 0 Å². The Bertz CT molecular complexity index is 454. The molecule has 1 aromatic carbocycles. The summed E-state index contributed by atoms with van der Waals surface area (Å²) in [5.74, 6) is -0.303. The van der Waals surface area contributed by atoms with E-state index in [0.717, 1.165) is 25.2 Å². The summed E-state index contributed by atoms with van der Waals surface area (Å²) in [5.41, 5.74) is 8.11. The third-order valence-corrected chi connectivity index (χ3v) is 4.10. The van der Waals surface area contributed by atoms with Crippen LogP contribution in [0.1, 0.15) is 30.6 Å². The van der Waals surface area contributed by atoms with Gasteiger partial charge in [0.15, 0.2) is 0 Å². The molecule has 19 heavy (non-hydrogen) atoms. The average Bonchev–Trinajstić information content (AvgIpc) is 2.41. The van der Waals surface area contributed by atoms with Gasteiger partial charge in [0, 0.05) is 24.8 Å². The van der Waals surface area contributed by atoms with E-state index in [1.54, 1.807) is 12.1 Å². The minimum atomic E-state index is -0.303. The topological polar surface area (TPSA) is 55.6 Å². The number of nitrogens with zero attached hydrogens (tertiary/aromatic N) is 1. The smallest absolute Gasteiger partial charge is 0.337 e. The molecule has 2 N–H and O–H groups in total. The second kappa shape index (κ2) is 5.21. The highest BCUT2D eigenvalue weighted by Gasteiger charge is 2.32. The summed E-state index contributed by atoms with van der Waals surface area (Å²) >= 11 is 0. The molecule has 1 aliphatic heterocycles. The maximum absolute atomic E-state index is 11.4. The number of hydrogen-bond acceptors (Lipinski definition) is 4. The summed E-state index contributed by atoms with van der Waals surface area (Å²) in [6.07, 6.45) is 1.08. The lowest BCUT2D eigenvalue weighted by molar-refractivity contribution is 0.0601. The van der Waals surface area contributed by atoms with Gasteiger partial charge >= 0.3 is 5.97 Å². The predicted octanol–water partition coefficient (Wildman–Crippen LogP) is 2.04. The molecule has 0 amide bonds. The Morgan fingerprint density at radius 3 is 2.53 bits per heavy atom. The van der Waals surface area contributed by atoms with Gasteiger partial charge in [-0.05, 0) is 36.1 Å². The Labute approximate surface area is 114 Å². The zero-order valence-corrected chi connectivity index (χ0v) is 11.8. The normalized spacial score (nSPS) is 22.1. The molecule has 0 spiro atoms. The number of methoxy groups -OCH3 is 1. The standard InChI is InChI=1S/C15H22N2O2/c1-15(2)8-9-17(10-13(15)16)12-6-4-11(5-7-12)14(18)19-3/h4-7,13H,8-10,16H2,1-3H3. The molecule has 0 saturated carbocycles. The fourth-order valence-electron chi connectivity index (χ4n) is 2.35. The van der Waals surface area contributed by atoms with Gasteiger partial charge in [0.2, 0.25) is 0 Å². The summed E-state index contributed by atoms with van der Waals surface area (Å²) in [6.45, 7) is 6.29. The number of anilines is 1. The summed E-state index contributed by atoms with van der Waals surface area (Å²) < 4.78 is 4.69. The van der Waals surface area contributed by atoms with Crippen LogP contribution in [0.3, 0.4) is 0 Å².